The van der Waals surface area contributed by atoms with Gasteiger partial charge in [-0.25, -0.2) is 9.79 Å². The number of nitrogens with two attached hydrogens (primary N) is 1. The molecule has 3 aliphatic heterocycles. The molecule has 2 unspecified atom stereocenters. The van der Waals surface area contributed by atoms with E-state index in [1.165, 1.54) is 0 Å². The largest absolute Gasteiger partial charge is 0.384 e. The third-order valence-corrected chi connectivity index (χ3v) is 5.72. The van der Waals surface area contributed by atoms with E-state index in [0.717, 1.165) is 30.4 Å². The molecule has 0 saturated carbocycles. The minimum atomic E-state index is -0.0372. The van der Waals surface area contributed by atoms with Crippen molar-refractivity contribution in [2.24, 2.45) is 10.7 Å². The van der Waals surface area contributed by atoms with Gasteiger partial charge in [0, 0.05) is 19.2 Å². The van der Waals surface area contributed by atoms with Crippen molar-refractivity contribution in [3.05, 3.63) is 36.2 Å². The minimum Gasteiger partial charge on any atom is -0.384 e. The summed E-state index contributed by atoms with van der Waals surface area (Å²) >= 11 is 0. The first kappa shape index (κ1) is 18.7. The van der Waals surface area contributed by atoms with Crippen LogP contribution in [-0.4, -0.2) is 59.9 Å². The summed E-state index contributed by atoms with van der Waals surface area (Å²) in [4.78, 5) is 21.9. The van der Waals surface area contributed by atoms with Gasteiger partial charge in [0.05, 0.1) is 31.3 Å². The van der Waals surface area contributed by atoms with Gasteiger partial charge in [-0.2, -0.15) is 0 Å². The van der Waals surface area contributed by atoms with Crippen molar-refractivity contribution in [3.63, 3.8) is 0 Å². The van der Waals surface area contributed by atoms with Crippen LogP contribution in [0.5, 0.6) is 0 Å². The second-order valence-corrected chi connectivity index (χ2v) is 7.25. The molecule has 3 aliphatic rings. The Balaban J connectivity index is 1.85. The van der Waals surface area contributed by atoms with E-state index in [0.29, 0.717) is 38.4 Å². The molecule has 2 N–H and O–H groups in total. The Morgan fingerprint density at radius 3 is 2.77 bits per heavy atom. The number of allylic oxidation sites excluding steroid dienone is 1. The summed E-state index contributed by atoms with van der Waals surface area (Å²) in [7, 11) is 0. The third-order valence-electron chi connectivity index (χ3n) is 5.72. The van der Waals surface area contributed by atoms with E-state index >= 15 is 0 Å². The van der Waals surface area contributed by atoms with Crippen LogP contribution in [0, 0.1) is 0 Å². The van der Waals surface area contributed by atoms with E-state index in [1.807, 2.05) is 11.1 Å². The molecule has 3 atom stereocenters. The van der Waals surface area contributed by atoms with Crippen LogP contribution >= 0.6 is 0 Å². The maximum atomic E-state index is 13.6. The zero-order valence-electron chi connectivity index (χ0n) is 15.7. The van der Waals surface area contributed by atoms with Gasteiger partial charge in [0.2, 0.25) is 0 Å². The van der Waals surface area contributed by atoms with Gasteiger partial charge in [-0.3, -0.25) is 0 Å². The van der Waals surface area contributed by atoms with Crippen LogP contribution in [0.3, 0.4) is 0 Å². The lowest BCUT2D eigenvalue weighted by atomic mass is 9.97. The van der Waals surface area contributed by atoms with Gasteiger partial charge in [-0.05, 0) is 31.3 Å². The van der Waals surface area contributed by atoms with Crippen LogP contribution in [0.1, 0.15) is 39.0 Å². The summed E-state index contributed by atoms with van der Waals surface area (Å²) in [6.45, 7) is 11.7. The summed E-state index contributed by atoms with van der Waals surface area (Å²) in [5, 5.41) is 0. The average Bonchev–Trinajstić information content (AvgIpc) is 2.90. The van der Waals surface area contributed by atoms with Crippen LogP contribution < -0.4 is 5.73 Å². The van der Waals surface area contributed by atoms with E-state index in [1.54, 1.807) is 6.08 Å². The standard InChI is InChI=1S/C20H30N4O2/c1-4-14(3)9-11-23(18-8-10-22-19(21)17(18)5-2)20(25)24-15-6-7-16(24)13-26-12-15/h4,10,15-16,18H,1,3,5-9,11-13,21H2,2H3/t15?,16?,18-/m1/s1. The summed E-state index contributed by atoms with van der Waals surface area (Å²) in [6.07, 6.45) is 7.83. The Hall–Kier alpha value is -2.08. The molecule has 6 nitrogen and oxygen atoms in total. The van der Waals surface area contributed by atoms with E-state index in [4.69, 9.17) is 10.5 Å². The number of hydrogen-bond donors (Lipinski definition) is 1. The molecular weight excluding hydrogens is 328 g/mol. The van der Waals surface area contributed by atoms with Crippen LogP contribution in [-0.2, 0) is 4.74 Å². The number of morpholine rings is 1. The fourth-order valence-corrected chi connectivity index (χ4v) is 4.22. The van der Waals surface area contributed by atoms with Crippen LogP contribution in [0.2, 0.25) is 0 Å². The fourth-order valence-electron chi connectivity index (χ4n) is 4.22. The van der Waals surface area contributed by atoms with Gasteiger partial charge < -0.3 is 20.3 Å². The first-order valence-corrected chi connectivity index (χ1v) is 9.54. The maximum Gasteiger partial charge on any atom is 0.321 e. The van der Waals surface area contributed by atoms with Crippen LogP contribution in [0.4, 0.5) is 4.79 Å². The predicted octanol–water partition coefficient (Wildman–Crippen LogP) is 2.83. The zero-order valence-corrected chi connectivity index (χ0v) is 15.7. The Kier molecular flexibility index (Phi) is 5.81. The predicted molar refractivity (Wildman–Crippen MR) is 104 cm³/mol. The smallest absolute Gasteiger partial charge is 0.321 e. The van der Waals surface area contributed by atoms with Crippen molar-refractivity contribution in [1.29, 1.82) is 0 Å². The highest BCUT2D eigenvalue weighted by Crippen LogP contribution is 2.32. The van der Waals surface area contributed by atoms with Crippen LogP contribution in [0.25, 0.3) is 0 Å². The SMILES string of the molecule is C=CC(=C)CCN(C(=O)N1C2CCC1COC2)[C@@H]1CC=NC(N)=C1CC. The maximum absolute atomic E-state index is 13.6. The zero-order chi connectivity index (χ0) is 18.7. The van der Waals surface area contributed by atoms with Gasteiger partial charge in [-0.1, -0.05) is 31.7 Å². The first-order valence-electron chi connectivity index (χ1n) is 9.54. The summed E-state index contributed by atoms with van der Waals surface area (Å²) in [5.74, 6) is 0.550. The molecule has 0 spiro atoms. The summed E-state index contributed by atoms with van der Waals surface area (Å²) in [6, 6.07) is 0.437. The van der Waals surface area contributed by atoms with Crippen molar-refractivity contribution in [2.45, 2.75) is 57.2 Å². The van der Waals surface area contributed by atoms with Crippen molar-refractivity contribution in [3.8, 4) is 0 Å². The fraction of sp³-hybridized carbons (Fsp3) is 0.600. The molecule has 2 fully saturated rings. The van der Waals surface area contributed by atoms with E-state index in [9.17, 15) is 4.79 Å². The summed E-state index contributed by atoms with van der Waals surface area (Å²) in [5.41, 5.74) is 8.11. The lowest BCUT2D eigenvalue weighted by Gasteiger charge is -2.42. The van der Waals surface area contributed by atoms with Crippen molar-refractivity contribution in [1.82, 2.24) is 9.80 Å². The lowest BCUT2D eigenvalue weighted by Crippen LogP contribution is -2.57. The quantitative estimate of drug-likeness (QED) is 0.742. The third kappa shape index (κ3) is 3.56. The molecule has 0 aliphatic carbocycles. The molecule has 0 aromatic carbocycles. The molecule has 26 heavy (non-hydrogen) atoms. The number of amides is 2. The number of urea groups is 1. The molecule has 0 aromatic heterocycles. The first-order chi connectivity index (χ1) is 12.6. The molecule has 2 saturated heterocycles. The Morgan fingerprint density at radius 1 is 1.46 bits per heavy atom. The number of nitrogens with zero attached hydrogens (tertiary/aromatic N) is 3. The van der Waals surface area contributed by atoms with Crippen molar-refractivity contribution < 1.29 is 9.53 Å². The number of carbonyl (C=O) groups is 1. The average molecular weight is 358 g/mol. The molecule has 2 bridgehead atoms. The van der Waals surface area contributed by atoms with Gasteiger partial charge in [0.25, 0.3) is 0 Å². The number of hydrogen-bond acceptors (Lipinski definition) is 4. The van der Waals surface area contributed by atoms with Gasteiger partial charge in [0.15, 0.2) is 0 Å². The van der Waals surface area contributed by atoms with Crippen LogP contribution in [0.15, 0.2) is 41.2 Å². The molecule has 6 heteroatoms. The number of rotatable bonds is 6. The summed E-state index contributed by atoms with van der Waals surface area (Å²) < 4.78 is 5.65. The van der Waals surface area contributed by atoms with E-state index in [-0.39, 0.29) is 24.2 Å². The Labute approximate surface area is 156 Å². The Bertz CT molecular complexity index is 624. The molecule has 142 valence electrons. The highest BCUT2D eigenvalue weighted by atomic mass is 16.5. The number of fused-ring (bicyclic) bond motifs is 2. The number of ether oxygens (including phenoxy) is 1. The minimum absolute atomic E-state index is 0.0372. The second kappa shape index (κ2) is 8.08. The molecule has 0 aromatic rings. The second-order valence-electron chi connectivity index (χ2n) is 7.25. The lowest BCUT2D eigenvalue weighted by molar-refractivity contribution is -0.00387. The monoisotopic (exact) mass is 358 g/mol. The number of carbonyl (C=O) groups excluding carboxylic acids is 1. The highest BCUT2D eigenvalue weighted by molar-refractivity contribution is 5.78. The molecule has 3 heterocycles. The topological polar surface area (TPSA) is 71.2 Å². The molecule has 0 radical (unpaired) electrons. The van der Waals surface area contributed by atoms with E-state index < -0.39 is 0 Å². The van der Waals surface area contributed by atoms with Crippen molar-refractivity contribution in [2.75, 3.05) is 19.8 Å². The van der Waals surface area contributed by atoms with E-state index in [2.05, 4.69) is 30.0 Å². The number of aliphatic imine (C=N–C) groups is 1. The highest BCUT2D eigenvalue weighted by Gasteiger charge is 2.43. The molecular formula is C20H30N4O2. The molecule has 3 rings (SSSR count). The van der Waals surface area contributed by atoms with Gasteiger partial charge >= 0.3 is 6.03 Å². The van der Waals surface area contributed by atoms with Gasteiger partial charge in [-0.15, -0.1) is 0 Å². The van der Waals surface area contributed by atoms with Crippen molar-refractivity contribution >= 4 is 12.2 Å². The normalized spacial score (nSPS) is 27.6. The van der Waals surface area contributed by atoms with Gasteiger partial charge in [0.1, 0.15) is 5.82 Å². The molecule has 2 amide bonds. The Morgan fingerprint density at radius 2 is 2.15 bits per heavy atom.